The first-order valence-electron chi connectivity index (χ1n) is 6.52. The molecule has 4 N–H and O–H groups in total. The smallest absolute Gasteiger partial charge is 0.222 e. The number of rotatable bonds is 7. The number of amides is 2. The van der Waals surface area contributed by atoms with Gasteiger partial charge in [-0.05, 0) is 30.7 Å². The average molecular weight is 334 g/mol. The molecular formula is C14H21Cl2N3O2. The first kappa shape index (κ1) is 19.7. The Hall–Kier alpha value is -1.30. The second-order valence-electron chi connectivity index (χ2n) is 4.50. The Morgan fingerprint density at radius 3 is 2.43 bits per heavy atom. The zero-order valence-electron chi connectivity index (χ0n) is 11.9. The van der Waals surface area contributed by atoms with Crippen LogP contribution in [0.5, 0.6) is 0 Å². The molecule has 0 fully saturated rings. The summed E-state index contributed by atoms with van der Waals surface area (Å²) < 4.78 is 0. The largest absolute Gasteiger partial charge is 0.356 e. The predicted molar refractivity (Wildman–Crippen MR) is 86.6 cm³/mol. The first-order valence-corrected chi connectivity index (χ1v) is 6.90. The minimum Gasteiger partial charge on any atom is -0.356 e. The minimum atomic E-state index is -0.359. The molecule has 1 rings (SSSR count). The van der Waals surface area contributed by atoms with E-state index in [0.29, 0.717) is 18.1 Å². The molecule has 118 valence electrons. The van der Waals surface area contributed by atoms with Gasteiger partial charge in [0.15, 0.2) is 0 Å². The molecule has 1 aromatic rings. The normalized spacial score (nSPS) is 11.2. The topological polar surface area (TPSA) is 84.2 Å². The lowest BCUT2D eigenvalue weighted by molar-refractivity contribution is -0.122. The molecule has 1 aromatic carbocycles. The quantitative estimate of drug-likeness (QED) is 0.665. The number of nitrogens with two attached hydrogens (primary N) is 1. The van der Waals surface area contributed by atoms with Crippen molar-refractivity contribution < 1.29 is 9.59 Å². The van der Waals surface area contributed by atoms with Gasteiger partial charge in [0, 0.05) is 18.5 Å². The number of carbonyl (C=O) groups is 2. The van der Waals surface area contributed by atoms with Gasteiger partial charge in [-0.25, -0.2) is 0 Å². The summed E-state index contributed by atoms with van der Waals surface area (Å²) in [6.07, 6.45) is 0.920. The molecule has 0 aliphatic rings. The van der Waals surface area contributed by atoms with E-state index in [0.717, 1.165) is 12.0 Å². The third-order valence-corrected chi connectivity index (χ3v) is 2.99. The van der Waals surface area contributed by atoms with Crippen LogP contribution in [-0.2, 0) is 9.59 Å². The van der Waals surface area contributed by atoms with Crippen LogP contribution in [0, 0.1) is 0 Å². The third kappa shape index (κ3) is 7.90. The van der Waals surface area contributed by atoms with E-state index in [9.17, 15) is 9.59 Å². The summed E-state index contributed by atoms with van der Waals surface area (Å²) in [5.74, 6) is -0.299. The Balaban J connectivity index is 0.00000400. The second-order valence-corrected chi connectivity index (χ2v) is 4.94. The van der Waals surface area contributed by atoms with Gasteiger partial charge in [0.2, 0.25) is 11.8 Å². The summed E-state index contributed by atoms with van der Waals surface area (Å²) in [7, 11) is 0. The van der Waals surface area contributed by atoms with Crippen molar-refractivity contribution in [3.05, 3.63) is 34.9 Å². The van der Waals surface area contributed by atoms with Crippen molar-refractivity contribution in [2.24, 2.45) is 5.73 Å². The van der Waals surface area contributed by atoms with Crippen LogP contribution >= 0.6 is 24.0 Å². The molecule has 7 heteroatoms. The van der Waals surface area contributed by atoms with Crippen LogP contribution in [0.3, 0.4) is 0 Å². The van der Waals surface area contributed by atoms with E-state index < -0.39 is 0 Å². The minimum absolute atomic E-state index is 0. The fourth-order valence-corrected chi connectivity index (χ4v) is 1.91. The van der Waals surface area contributed by atoms with E-state index in [1.54, 1.807) is 24.3 Å². The van der Waals surface area contributed by atoms with E-state index in [-0.39, 0.29) is 36.7 Å². The molecule has 0 aliphatic heterocycles. The van der Waals surface area contributed by atoms with Gasteiger partial charge in [0.1, 0.15) is 0 Å². The zero-order valence-corrected chi connectivity index (χ0v) is 13.5. The third-order valence-electron chi connectivity index (χ3n) is 2.74. The van der Waals surface area contributed by atoms with Crippen molar-refractivity contribution in [1.82, 2.24) is 10.6 Å². The summed E-state index contributed by atoms with van der Waals surface area (Å²) in [6.45, 7) is 2.50. The van der Waals surface area contributed by atoms with E-state index in [1.165, 1.54) is 6.92 Å². The highest BCUT2D eigenvalue weighted by Gasteiger charge is 2.16. The van der Waals surface area contributed by atoms with Gasteiger partial charge in [-0.2, -0.15) is 0 Å². The van der Waals surface area contributed by atoms with Crippen molar-refractivity contribution >= 4 is 35.8 Å². The summed E-state index contributed by atoms with van der Waals surface area (Å²) in [6, 6.07) is 6.71. The molecule has 0 heterocycles. The summed E-state index contributed by atoms with van der Waals surface area (Å²) in [4.78, 5) is 23.1. The Kier molecular flexibility index (Phi) is 9.78. The SMILES string of the molecule is CC(=O)NC(CC(=O)NCCCN)c1ccc(Cl)cc1.Cl. The molecule has 1 unspecified atom stereocenters. The van der Waals surface area contributed by atoms with E-state index >= 15 is 0 Å². The lowest BCUT2D eigenvalue weighted by atomic mass is 10.0. The molecular weight excluding hydrogens is 313 g/mol. The van der Waals surface area contributed by atoms with Crippen LogP contribution < -0.4 is 16.4 Å². The van der Waals surface area contributed by atoms with Gasteiger partial charge in [0.05, 0.1) is 12.5 Å². The zero-order chi connectivity index (χ0) is 15.0. The number of hydrogen-bond acceptors (Lipinski definition) is 3. The molecule has 0 aromatic heterocycles. The highest BCUT2D eigenvalue weighted by atomic mass is 35.5. The maximum Gasteiger partial charge on any atom is 0.222 e. The van der Waals surface area contributed by atoms with Crippen LogP contribution in [0.2, 0.25) is 5.02 Å². The van der Waals surface area contributed by atoms with Crippen LogP contribution in [-0.4, -0.2) is 24.9 Å². The fourth-order valence-electron chi connectivity index (χ4n) is 1.78. The number of benzene rings is 1. The van der Waals surface area contributed by atoms with Crippen LogP contribution in [0.25, 0.3) is 0 Å². The van der Waals surface area contributed by atoms with E-state index in [2.05, 4.69) is 10.6 Å². The second kappa shape index (κ2) is 10.4. The number of carbonyl (C=O) groups excluding carboxylic acids is 2. The van der Waals surface area contributed by atoms with Crippen molar-refractivity contribution in [2.75, 3.05) is 13.1 Å². The Labute approximate surface area is 136 Å². The lowest BCUT2D eigenvalue weighted by Crippen LogP contribution is -2.33. The Morgan fingerprint density at radius 1 is 1.29 bits per heavy atom. The van der Waals surface area contributed by atoms with Crippen molar-refractivity contribution in [1.29, 1.82) is 0 Å². The van der Waals surface area contributed by atoms with Crippen LogP contribution in [0.4, 0.5) is 0 Å². The van der Waals surface area contributed by atoms with Gasteiger partial charge in [-0.15, -0.1) is 12.4 Å². The number of hydrogen-bond donors (Lipinski definition) is 3. The van der Waals surface area contributed by atoms with Gasteiger partial charge < -0.3 is 16.4 Å². The lowest BCUT2D eigenvalue weighted by Gasteiger charge is -2.18. The summed E-state index contributed by atoms with van der Waals surface area (Å²) in [5.41, 5.74) is 6.21. The molecule has 2 amide bonds. The van der Waals surface area contributed by atoms with Crippen molar-refractivity contribution in [2.45, 2.75) is 25.8 Å². The highest BCUT2D eigenvalue weighted by molar-refractivity contribution is 6.30. The van der Waals surface area contributed by atoms with E-state index in [1.807, 2.05) is 0 Å². The van der Waals surface area contributed by atoms with Gasteiger partial charge in [-0.1, -0.05) is 23.7 Å². The number of nitrogens with one attached hydrogen (secondary N) is 2. The van der Waals surface area contributed by atoms with E-state index in [4.69, 9.17) is 17.3 Å². The van der Waals surface area contributed by atoms with Gasteiger partial charge in [0.25, 0.3) is 0 Å². The predicted octanol–water partition coefficient (Wildman–Crippen LogP) is 1.79. The van der Waals surface area contributed by atoms with Crippen molar-refractivity contribution in [3.63, 3.8) is 0 Å². The molecule has 21 heavy (non-hydrogen) atoms. The molecule has 0 saturated heterocycles. The molecule has 0 aliphatic carbocycles. The van der Waals surface area contributed by atoms with Crippen LogP contribution in [0.15, 0.2) is 24.3 Å². The standard InChI is InChI=1S/C14H20ClN3O2.ClH/c1-10(19)18-13(9-14(20)17-8-2-7-16)11-3-5-12(15)6-4-11;/h3-6,13H,2,7-9,16H2,1H3,(H,17,20)(H,18,19);1H. The molecule has 0 radical (unpaired) electrons. The summed E-state index contributed by atoms with van der Waals surface area (Å²) in [5, 5.41) is 6.16. The fraction of sp³-hybridized carbons (Fsp3) is 0.429. The highest BCUT2D eigenvalue weighted by Crippen LogP contribution is 2.19. The van der Waals surface area contributed by atoms with Crippen LogP contribution in [0.1, 0.15) is 31.4 Å². The molecule has 5 nitrogen and oxygen atoms in total. The molecule has 0 saturated carbocycles. The first-order chi connectivity index (χ1) is 9.52. The van der Waals surface area contributed by atoms with Gasteiger partial charge >= 0.3 is 0 Å². The maximum atomic E-state index is 11.8. The average Bonchev–Trinajstić information content (AvgIpc) is 2.38. The molecule has 0 spiro atoms. The molecule has 1 atom stereocenters. The Morgan fingerprint density at radius 2 is 1.90 bits per heavy atom. The summed E-state index contributed by atoms with van der Waals surface area (Å²) >= 11 is 5.83. The maximum absolute atomic E-state index is 11.8. The van der Waals surface area contributed by atoms with Gasteiger partial charge in [-0.3, -0.25) is 9.59 Å². The number of halogens is 2. The van der Waals surface area contributed by atoms with Crippen molar-refractivity contribution in [3.8, 4) is 0 Å². The Bertz CT molecular complexity index is 452. The molecule has 0 bridgehead atoms. The monoisotopic (exact) mass is 333 g/mol.